The first-order valence-corrected chi connectivity index (χ1v) is 8.83. The molecule has 0 saturated carbocycles. The third-order valence-electron chi connectivity index (χ3n) is 1.21. The maximum absolute atomic E-state index is 9.79. The molecule has 0 heterocycles. The molecule has 0 aliphatic rings. The number of aliphatic hydroxyl groups is 2. The Morgan fingerprint density at radius 1 is 0.750 bits per heavy atom. The van der Waals surface area contributed by atoms with Crippen molar-refractivity contribution in [2.24, 2.45) is 0 Å². The maximum Gasteiger partial charge on any atom is 0.264 e. The highest BCUT2D eigenvalue weighted by molar-refractivity contribution is 7.86. The third-order valence-corrected chi connectivity index (χ3v) is 3.06. The summed E-state index contributed by atoms with van der Waals surface area (Å²) in [6.45, 7) is 3.04. The molecule has 0 bridgehead atoms. The minimum Gasteiger partial charge on any atom is -0.384 e. The Bertz CT molecular complexity index is 413. The van der Waals surface area contributed by atoms with Crippen molar-refractivity contribution >= 4 is 20.2 Å². The first-order chi connectivity index (χ1) is 9.04. The van der Waals surface area contributed by atoms with Crippen LogP contribution in [0.2, 0.25) is 0 Å². The van der Waals surface area contributed by atoms with E-state index in [0.717, 1.165) is 0 Å². The first kappa shape index (κ1) is 24.3. The average molecular weight is 334 g/mol. The van der Waals surface area contributed by atoms with Gasteiger partial charge in [0.25, 0.3) is 20.2 Å². The Hall–Kier alpha value is -0.700. The maximum atomic E-state index is 9.79. The van der Waals surface area contributed by atoms with Crippen LogP contribution in [-0.2, 0) is 20.2 Å². The van der Waals surface area contributed by atoms with E-state index < -0.39 is 20.2 Å². The van der Waals surface area contributed by atoms with E-state index in [2.05, 4.69) is 11.8 Å². The van der Waals surface area contributed by atoms with E-state index in [9.17, 15) is 16.8 Å². The predicted octanol–water partition coefficient (Wildman–Crippen LogP) is -0.457. The van der Waals surface area contributed by atoms with Crippen LogP contribution < -0.4 is 0 Å². The van der Waals surface area contributed by atoms with Gasteiger partial charge in [-0.2, -0.15) is 16.8 Å². The highest BCUT2D eigenvalue weighted by atomic mass is 32.2. The van der Waals surface area contributed by atoms with Crippen molar-refractivity contribution in [1.29, 1.82) is 0 Å². The van der Waals surface area contributed by atoms with Crippen molar-refractivity contribution < 1.29 is 36.2 Å². The minimum absolute atomic E-state index is 0.132. The summed E-state index contributed by atoms with van der Waals surface area (Å²) >= 11 is 0. The fourth-order valence-electron chi connectivity index (χ4n) is 0.628. The highest BCUT2D eigenvalue weighted by Crippen LogP contribution is 1.84. The van der Waals surface area contributed by atoms with Gasteiger partial charge in [-0.1, -0.05) is 25.7 Å². The third kappa shape index (κ3) is 43.3. The van der Waals surface area contributed by atoms with Crippen LogP contribution in [0.15, 0.2) is 0 Å². The molecule has 0 atom stereocenters. The lowest BCUT2D eigenvalue weighted by Gasteiger charge is -1.86. The number of rotatable bonds is 4. The molecule has 4 N–H and O–H groups in total. The lowest BCUT2D eigenvalue weighted by Crippen LogP contribution is -2.01. The number of aliphatic hydroxyl groups excluding tert-OH is 2. The van der Waals surface area contributed by atoms with Crippen molar-refractivity contribution in [3.05, 3.63) is 0 Å². The fourth-order valence-corrected chi connectivity index (χ4v) is 1.66. The van der Waals surface area contributed by atoms with E-state index in [1.165, 1.54) is 0 Å². The Morgan fingerprint density at radius 2 is 1.00 bits per heavy atom. The molecule has 20 heavy (non-hydrogen) atoms. The smallest absolute Gasteiger partial charge is 0.264 e. The Balaban J connectivity index is -0.000000218. The molecule has 0 aromatic carbocycles. The summed E-state index contributed by atoms with van der Waals surface area (Å²) in [5.41, 5.74) is 0. The Labute approximate surface area is 120 Å². The SMILES string of the molecule is CCCS(=O)(=O)O.CCCS(=O)(=O)O.OCC#CCO. The number of hydrogen-bond donors (Lipinski definition) is 4. The van der Waals surface area contributed by atoms with Gasteiger partial charge in [0, 0.05) is 0 Å². The summed E-state index contributed by atoms with van der Waals surface area (Å²) < 4.78 is 55.1. The van der Waals surface area contributed by atoms with Gasteiger partial charge in [0.05, 0.1) is 11.5 Å². The van der Waals surface area contributed by atoms with Crippen LogP contribution >= 0.6 is 0 Å². The molecular weight excluding hydrogens is 312 g/mol. The van der Waals surface area contributed by atoms with Crippen molar-refractivity contribution in [1.82, 2.24) is 0 Å². The van der Waals surface area contributed by atoms with E-state index >= 15 is 0 Å². The fraction of sp³-hybridized carbons (Fsp3) is 0.800. The van der Waals surface area contributed by atoms with Gasteiger partial charge in [-0.15, -0.1) is 0 Å². The molecular formula is C10H22O8S2. The number of hydrogen-bond acceptors (Lipinski definition) is 6. The predicted molar refractivity (Wildman–Crippen MR) is 75.4 cm³/mol. The van der Waals surface area contributed by atoms with Gasteiger partial charge in [0.15, 0.2) is 0 Å². The van der Waals surface area contributed by atoms with Crippen LogP contribution in [0.3, 0.4) is 0 Å². The zero-order chi connectivity index (χ0) is 16.7. The molecule has 0 fully saturated rings. The van der Waals surface area contributed by atoms with Crippen LogP contribution in [0, 0.1) is 11.8 Å². The molecule has 122 valence electrons. The topological polar surface area (TPSA) is 149 Å². The molecule has 0 amide bonds. The zero-order valence-electron chi connectivity index (χ0n) is 11.5. The van der Waals surface area contributed by atoms with Crippen molar-refractivity contribution in [3.63, 3.8) is 0 Å². The summed E-state index contributed by atoms with van der Waals surface area (Å²) in [6, 6.07) is 0. The quantitative estimate of drug-likeness (QED) is 0.398. The van der Waals surface area contributed by atoms with Gasteiger partial charge in [0.2, 0.25) is 0 Å². The van der Waals surface area contributed by atoms with Gasteiger partial charge in [0.1, 0.15) is 13.2 Å². The van der Waals surface area contributed by atoms with Crippen LogP contribution in [0.1, 0.15) is 26.7 Å². The molecule has 0 spiro atoms. The summed E-state index contributed by atoms with van der Waals surface area (Å²) in [7, 11) is -7.35. The lowest BCUT2D eigenvalue weighted by molar-refractivity contribution is 0.342. The van der Waals surface area contributed by atoms with Gasteiger partial charge >= 0.3 is 0 Å². The summed E-state index contributed by atoms with van der Waals surface area (Å²) in [4.78, 5) is 0. The van der Waals surface area contributed by atoms with E-state index in [0.29, 0.717) is 12.8 Å². The van der Waals surface area contributed by atoms with Gasteiger partial charge in [-0.05, 0) is 12.8 Å². The van der Waals surface area contributed by atoms with Gasteiger partial charge < -0.3 is 10.2 Å². The molecule has 0 radical (unpaired) electrons. The second kappa shape index (κ2) is 14.7. The lowest BCUT2D eigenvalue weighted by atomic mass is 10.6. The normalized spacial score (nSPS) is 10.1. The van der Waals surface area contributed by atoms with Crippen molar-refractivity contribution in [2.45, 2.75) is 26.7 Å². The summed E-state index contributed by atoms with van der Waals surface area (Å²) in [5, 5.41) is 15.8. The zero-order valence-corrected chi connectivity index (χ0v) is 13.1. The van der Waals surface area contributed by atoms with Crippen LogP contribution in [0.25, 0.3) is 0 Å². The summed E-state index contributed by atoms with van der Waals surface area (Å²) in [6.07, 6.45) is 0.942. The van der Waals surface area contributed by atoms with E-state index in [-0.39, 0.29) is 24.7 Å². The highest BCUT2D eigenvalue weighted by Gasteiger charge is 1.98. The van der Waals surface area contributed by atoms with Crippen molar-refractivity contribution in [3.8, 4) is 11.8 Å². The van der Waals surface area contributed by atoms with E-state index in [4.69, 9.17) is 19.3 Å². The van der Waals surface area contributed by atoms with Crippen LogP contribution in [-0.4, -0.2) is 60.9 Å². The van der Waals surface area contributed by atoms with E-state index in [1.54, 1.807) is 13.8 Å². The molecule has 0 aliphatic heterocycles. The van der Waals surface area contributed by atoms with E-state index in [1.807, 2.05) is 0 Å². The largest absolute Gasteiger partial charge is 0.384 e. The standard InChI is InChI=1S/C4H6O2.2C3H8O3S/c5-3-1-2-4-6;2*1-2-3-7(4,5)6/h5-6H,3-4H2;2*2-3H2,1H3,(H,4,5,6). The second-order valence-corrected chi connectivity index (χ2v) is 6.39. The molecule has 0 aromatic heterocycles. The first-order valence-electron chi connectivity index (χ1n) is 5.61. The molecule has 0 aromatic rings. The molecule has 10 heteroatoms. The molecule has 0 rings (SSSR count). The van der Waals surface area contributed by atoms with Crippen LogP contribution in [0.5, 0.6) is 0 Å². The minimum atomic E-state index is -3.67. The molecule has 0 unspecified atom stereocenters. The Morgan fingerprint density at radius 3 is 1.05 bits per heavy atom. The monoisotopic (exact) mass is 334 g/mol. The molecule has 8 nitrogen and oxygen atoms in total. The van der Waals surface area contributed by atoms with Gasteiger partial charge in [-0.3, -0.25) is 9.11 Å². The average Bonchev–Trinajstić information content (AvgIpc) is 2.24. The van der Waals surface area contributed by atoms with Gasteiger partial charge in [-0.25, -0.2) is 0 Å². The van der Waals surface area contributed by atoms with Crippen LogP contribution in [0.4, 0.5) is 0 Å². The molecule has 0 aliphatic carbocycles. The van der Waals surface area contributed by atoms with Crippen molar-refractivity contribution in [2.75, 3.05) is 24.7 Å². The molecule has 0 saturated heterocycles. The second-order valence-electron chi connectivity index (χ2n) is 3.24. The summed E-state index contributed by atoms with van der Waals surface area (Å²) in [5.74, 6) is 4.24. The Kier molecular flexibility index (Phi) is 17.9.